The third-order valence-corrected chi connectivity index (χ3v) is 2.97. The average Bonchev–Trinajstić information content (AvgIpc) is 2.17. The molecule has 0 N–H and O–H groups in total. The summed E-state index contributed by atoms with van der Waals surface area (Å²) < 4.78 is 6.02. The van der Waals surface area contributed by atoms with E-state index in [4.69, 9.17) is 21.9 Å². The lowest BCUT2D eigenvalue weighted by atomic mass is 10.1. The van der Waals surface area contributed by atoms with Gasteiger partial charge in [0.1, 0.15) is 23.0 Å². The van der Waals surface area contributed by atoms with Gasteiger partial charge in [-0.15, -0.1) is 12.6 Å². The third kappa shape index (κ3) is 1.54. The fourth-order valence-electron chi connectivity index (χ4n) is 1.46. The van der Waals surface area contributed by atoms with Gasteiger partial charge in [-0.1, -0.05) is 18.3 Å². The highest BCUT2D eigenvalue weighted by Gasteiger charge is 2.09. The molecule has 0 spiro atoms. The molecule has 0 aliphatic carbocycles. The Labute approximate surface area is 97.6 Å². The van der Waals surface area contributed by atoms with E-state index in [1.54, 1.807) is 6.92 Å². The molecule has 0 atom stereocenters. The van der Waals surface area contributed by atoms with Crippen LogP contribution in [0, 0.1) is 22.8 Å². The number of benzene rings is 1. The number of fused-ring (bicyclic) bond motifs is 1. The van der Waals surface area contributed by atoms with Gasteiger partial charge < -0.3 is 4.42 Å². The highest BCUT2D eigenvalue weighted by Crippen LogP contribution is 2.27. The highest BCUT2D eigenvalue weighted by atomic mass is 32.1. The summed E-state index contributed by atoms with van der Waals surface area (Å²) in [5, 5.41) is 9.68. The molecule has 0 saturated heterocycles. The zero-order chi connectivity index (χ0) is 11.0. The van der Waals surface area contributed by atoms with Crippen LogP contribution in [0.4, 0.5) is 0 Å². The first kappa shape index (κ1) is 10.2. The second kappa shape index (κ2) is 3.69. The first-order valence-corrected chi connectivity index (χ1v) is 5.16. The van der Waals surface area contributed by atoms with Crippen molar-refractivity contribution in [2.75, 3.05) is 0 Å². The van der Waals surface area contributed by atoms with Gasteiger partial charge in [0.05, 0.1) is 9.90 Å². The minimum atomic E-state index is 0.416. The lowest BCUT2D eigenvalue weighted by Crippen LogP contribution is -1.87. The van der Waals surface area contributed by atoms with Crippen molar-refractivity contribution in [3.63, 3.8) is 0 Å². The molecule has 2 nitrogen and oxygen atoms in total. The largest absolute Gasteiger partial charge is 0.460 e. The smallest absolute Gasteiger partial charge is 0.136 e. The summed E-state index contributed by atoms with van der Waals surface area (Å²) in [4.78, 5) is 0.734. The SMILES string of the molecule is Cc1oc2cccc(S)c2c(=S)c1C#N. The zero-order valence-corrected chi connectivity index (χ0v) is 9.65. The monoisotopic (exact) mass is 233 g/mol. The van der Waals surface area contributed by atoms with E-state index in [1.807, 2.05) is 18.2 Å². The molecule has 1 heterocycles. The molecule has 74 valence electrons. The molecule has 15 heavy (non-hydrogen) atoms. The molecule has 2 aromatic rings. The highest BCUT2D eigenvalue weighted by molar-refractivity contribution is 7.80. The van der Waals surface area contributed by atoms with Crippen LogP contribution in [0.15, 0.2) is 27.5 Å². The lowest BCUT2D eigenvalue weighted by molar-refractivity contribution is 0.562. The minimum absolute atomic E-state index is 0.416. The van der Waals surface area contributed by atoms with Crippen LogP contribution in [0.1, 0.15) is 11.3 Å². The summed E-state index contributed by atoms with van der Waals surface area (Å²) in [6.45, 7) is 1.74. The van der Waals surface area contributed by atoms with Crippen LogP contribution in [0.5, 0.6) is 0 Å². The molecule has 0 amide bonds. The van der Waals surface area contributed by atoms with E-state index in [2.05, 4.69) is 18.7 Å². The quantitative estimate of drug-likeness (QED) is 0.557. The second-order valence-corrected chi connectivity index (χ2v) is 4.01. The fraction of sp³-hybridized carbons (Fsp3) is 0.0909. The summed E-state index contributed by atoms with van der Waals surface area (Å²) in [5.41, 5.74) is 1.09. The van der Waals surface area contributed by atoms with Gasteiger partial charge in [-0.3, -0.25) is 0 Å². The first-order chi connectivity index (χ1) is 7.15. The molecule has 0 bridgehead atoms. The maximum atomic E-state index is 8.95. The van der Waals surface area contributed by atoms with Gasteiger partial charge in [0, 0.05) is 4.90 Å². The molecule has 2 rings (SSSR count). The molecule has 0 radical (unpaired) electrons. The van der Waals surface area contributed by atoms with E-state index in [0.29, 0.717) is 21.4 Å². The standard InChI is InChI=1S/C11H7NOS2/c1-6-7(5-12)11(15)10-8(13-6)3-2-4-9(10)14/h2-4,14H,1H3. The molecule has 0 aliphatic heterocycles. The Morgan fingerprint density at radius 1 is 1.47 bits per heavy atom. The Hall–Kier alpha value is -1.31. The number of hydrogen-bond acceptors (Lipinski definition) is 4. The number of aryl methyl sites for hydroxylation is 1. The Bertz CT molecular complexity index is 637. The van der Waals surface area contributed by atoms with E-state index >= 15 is 0 Å². The third-order valence-electron chi connectivity index (χ3n) is 2.19. The normalized spacial score (nSPS) is 10.2. The summed E-state index contributed by atoms with van der Waals surface area (Å²) in [6.07, 6.45) is 0. The van der Waals surface area contributed by atoms with Gasteiger partial charge in [0.15, 0.2) is 0 Å². The number of hydrogen-bond donors (Lipinski definition) is 1. The van der Waals surface area contributed by atoms with E-state index in [9.17, 15) is 0 Å². The summed E-state index contributed by atoms with van der Waals surface area (Å²) >= 11 is 9.54. The van der Waals surface area contributed by atoms with Crippen LogP contribution < -0.4 is 0 Å². The lowest BCUT2D eigenvalue weighted by Gasteiger charge is -2.04. The maximum absolute atomic E-state index is 8.95. The van der Waals surface area contributed by atoms with E-state index in [0.717, 1.165) is 10.3 Å². The first-order valence-electron chi connectivity index (χ1n) is 4.30. The van der Waals surface area contributed by atoms with Crippen LogP contribution in [-0.2, 0) is 0 Å². The summed E-state index contributed by atoms with van der Waals surface area (Å²) in [5.74, 6) is 0.550. The average molecular weight is 233 g/mol. The van der Waals surface area contributed by atoms with Crippen LogP contribution in [0.25, 0.3) is 11.0 Å². The predicted octanol–water partition coefficient (Wildman–Crippen LogP) is 3.63. The molecule has 0 aliphatic rings. The van der Waals surface area contributed by atoms with Gasteiger partial charge in [-0.05, 0) is 19.1 Å². The summed E-state index contributed by atoms with van der Waals surface area (Å²) in [7, 11) is 0. The van der Waals surface area contributed by atoms with Crippen molar-refractivity contribution >= 4 is 35.8 Å². The van der Waals surface area contributed by atoms with Gasteiger partial charge in [-0.2, -0.15) is 5.26 Å². The van der Waals surface area contributed by atoms with Gasteiger partial charge in [0.2, 0.25) is 0 Å². The van der Waals surface area contributed by atoms with Crippen molar-refractivity contribution in [3.05, 3.63) is 34.0 Å². The Kier molecular flexibility index (Phi) is 2.51. The molecular weight excluding hydrogens is 226 g/mol. The van der Waals surface area contributed by atoms with Gasteiger partial charge in [0.25, 0.3) is 0 Å². The van der Waals surface area contributed by atoms with Crippen LogP contribution >= 0.6 is 24.8 Å². The van der Waals surface area contributed by atoms with Crippen molar-refractivity contribution in [2.45, 2.75) is 11.8 Å². The van der Waals surface area contributed by atoms with Crippen LogP contribution in [0.2, 0.25) is 0 Å². The Morgan fingerprint density at radius 3 is 2.87 bits per heavy atom. The zero-order valence-electron chi connectivity index (χ0n) is 7.94. The van der Waals surface area contributed by atoms with Crippen LogP contribution in [-0.4, -0.2) is 0 Å². The molecule has 1 aromatic carbocycles. The van der Waals surface area contributed by atoms with Gasteiger partial charge >= 0.3 is 0 Å². The van der Waals surface area contributed by atoms with Crippen molar-refractivity contribution < 1.29 is 4.42 Å². The molecule has 0 fully saturated rings. The topological polar surface area (TPSA) is 36.9 Å². The molecular formula is C11H7NOS2. The Morgan fingerprint density at radius 2 is 2.20 bits per heavy atom. The molecule has 0 unspecified atom stereocenters. The Balaban J connectivity index is 3.08. The number of thiol groups is 1. The van der Waals surface area contributed by atoms with Gasteiger partial charge in [-0.25, -0.2) is 0 Å². The van der Waals surface area contributed by atoms with E-state index in [1.165, 1.54) is 0 Å². The van der Waals surface area contributed by atoms with Crippen LogP contribution in [0.3, 0.4) is 0 Å². The van der Waals surface area contributed by atoms with Crippen molar-refractivity contribution in [1.29, 1.82) is 5.26 Å². The molecule has 1 aromatic heterocycles. The number of nitrogens with zero attached hydrogens (tertiary/aromatic N) is 1. The fourth-order valence-corrected chi connectivity index (χ4v) is 2.25. The van der Waals surface area contributed by atoms with E-state index < -0.39 is 0 Å². The van der Waals surface area contributed by atoms with Crippen molar-refractivity contribution in [3.8, 4) is 6.07 Å². The van der Waals surface area contributed by atoms with E-state index in [-0.39, 0.29) is 0 Å². The van der Waals surface area contributed by atoms with Crippen molar-refractivity contribution in [1.82, 2.24) is 0 Å². The summed E-state index contributed by atoms with van der Waals surface area (Å²) in [6, 6.07) is 7.54. The van der Waals surface area contributed by atoms with Crippen molar-refractivity contribution in [2.24, 2.45) is 0 Å². The minimum Gasteiger partial charge on any atom is -0.460 e. The predicted molar refractivity (Wildman–Crippen MR) is 63.8 cm³/mol. The molecule has 0 saturated carbocycles. The second-order valence-electron chi connectivity index (χ2n) is 3.12. The number of rotatable bonds is 0. The maximum Gasteiger partial charge on any atom is 0.136 e. The molecule has 4 heteroatoms. The number of nitriles is 1.